The molecule has 1 aromatic heterocycles. The van der Waals surface area contributed by atoms with Crippen LogP contribution >= 0.6 is 0 Å². The van der Waals surface area contributed by atoms with Crippen molar-refractivity contribution in [2.75, 3.05) is 5.73 Å². The van der Waals surface area contributed by atoms with Crippen molar-refractivity contribution >= 4 is 11.6 Å². The molecule has 144 valence electrons. The highest BCUT2D eigenvalue weighted by Gasteiger charge is 2.37. The highest BCUT2D eigenvalue weighted by Crippen LogP contribution is 2.31. The predicted octanol–water partition coefficient (Wildman–Crippen LogP) is 3.68. The monoisotopic (exact) mass is 374 g/mol. The van der Waals surface area contributed by atoms with Crippen molar-refractivity contribution in [2.45, 2.75) is 45.0 Å². The zero-order valence-corrected chi connectivity index (χ0v) is 15.4. The Bertz CT molecular complexity index is 823. The fourth-order valence-corrected chi connectivity index (χ4v) is 3.48. The summed E-state index contributed by atoms with van der Waals surface area (Å²) in [6, 6.07) is 8.22. The summed E-state index contributed by atoms with van der Waals surface area (Å²) in [6.45, 7) is 3.87. The number of nitrogens with zero attached hydrogens (tertiary/aromatic N) is 1. The summed E-state index contributed by atoms with van der Waals surface area (Å²) >= 11 is 0. The summed E-state index contributed by atoms with van der Waals surface area (Å²) in [5.41, 5.74) is 7.92. The Balaban J connectivity index is 0.000000166. The summed E-state index contributed by atoms with van der Waals surface area (Å²) in [7, 11) is 0. The zero-order chi connectivity index (χ0) is 19.6. The van der Waals surface area contributed by atoms with Crippen molar-refractivity contribution in [1.82, 2.24) is 4.98 Å². The molecule has 1 aliphatic heterocycles. The second kappa shape index (κ2) is 8.15. The van der Waals surface area contributed by atoms with Crippen LogP contribution in [0.4, 0.5) is 14.6 Å². The number of ether oxygens (including phenoxy) is 1. The van der Waals surface area contributed by atoms with E-state index in [1.807, 2.05) is 13.8 Å². The van der Waals surface area contributed by atoms with Crippen molar-refractivity contribution < 1.29 is 18.6 Å². The lowest BCUT2D eigenvalue weighted by molar-refractivity contribution is 0.0224. The second-order valence-electron chi connectivity index (χ2n) is 7.05. The minimum atomic E-state index is -0.398. The van der Waals surface area contributed by atoms with Gasteiger partial charge in [0.05, 0.1) is 23.9 Å². The number of anilines is 1. The predicted molar refractivity (Wildman–Crippen MR) is 101 cm³/mol. The molecule has 27 heavy (non-hydrogen) atoms. The van der Waals surface area contributed by atoms with E-state index in [1.165, 1.54) is 18.2 Å². The van der Waals surface area contributed by atoms with E-state index in [2.05, 4.69) is 4.98 Å². The highest BCUT2D eigenvalue weighted by atomic mass is 19.1. The SMILES string of the molecule is CC1OC(Cc2ccc(F)cc2)C(C)C1O.Nc1nccc2c1C(F)=CC2. The van der Waals surface area contributed by atoms with E-state index in [0.717, 1.165) is 17.5 Å². The number of benzene rings is 1. The molecule has 6 heteroatoms. The van der Waals surface area contributed by atoms with E-state index in [4.69, 9.17) is 10.5 Å². The number of aliphatic hydroxyl groups is 1. The summed E-state index contributed by atoms with van der Waals surface area (Å²) in [4.78, 5) is 3.80. The third kappa shape index (κ3) is 4.34. The molecule has 4 atom stereocenters. The minimum absolute atomic E-state index is 0.0236. The van der Waals surface area contributed by atoms with Gasteiger partial charge < -0.3 is 15.6 Å². The first kappa shape index (κ1) is 19.5. The van der Waals surface area contributed by atoms with Gasteiger partial charge in [0.2, 0.25) is 0 Å². The molecule has 0 radical (unpaired) electrons. The van der Waals surface area contributed by atoms with Gasteiger partial charge in [-0.25, -0.2) is 13.8 Å². The fourth-order valence-electron chi connectivity index (χ4n) is 3.48. The molecule has 4 unspecified atom stereocenters. The molecular formula is C21H24F2N2O2. The normalized spacial score (nSPS) is 26.2. The topological polar surface area (TPSA) is 68.4 Å². The number of halogens is 2. The van der Waals surface area contributed by atoms with Crippen LogP contribution in [-0.4, -0.2) is 28.4 Å². The maximum absolute atomic E-state index is 12.9. The zero-order valence-electron chi connectivity index (χ0n) is 15.4. The lowest BCUT2D eigenvalue weighted by atomic mass is 9.94. The molecule has 1 aliphatic carbocycles. The van der Waals surface area contributed by atoms with E-state index in [-0.39, 0.29) is 35.6 Å². The number of hydrogen-bond acceptors (Lipinski definition) is 4. The van der Waals surface area contributed by atoms with Gasteiger partial charge in [-0.2, -0.15) is 0 Å². The molecule has 2 aliphatic rings. The summed E-state index contributed by atoms with van der Waals surface area (Å²) in [6.07, 6.45) is 3.99. The number of aromatic nitrogens is 1. The number of rotatable bonds is 2. The lowest BCUT2D eigenvalue weighted by Gasteiger charge is -2.15. The van der Waals surface area contributed by atoms with Gasteiger partial charge in [-0.3, -0.25) is 0 Å². The number of aliphatic hydroxyl groups excluding tert-OH is 1. The van der Waals surface area contributed by atoms with Gasteiger partial charge in [-0.15, -0.1) is 0 Å². The Labute approximate surface area is 157 Å². The van der Waals surface area contributed by atoms with Gasteiger partial charge in [0.1, 0.15) is 17.5 Å². The molecule has 0 amide bonds. The average Bonchev–Trinajstić information content (AvgIpc) is 3.14. The van der Waals surface area contributed by atoms with Crippen LogP contribution in [0.2, 0.25) is 0 Å². The van der Waals surface area contributed by atoms with Gasteiger partial charge >= 0.3 is 0 Å². The molecular weight excluding hydrogens is 350 g/mol. The molecule has 4 nitrogen and oxygen atoms in total. The molecule has 2 heterocycles. The molecule has 1 fully saturated rings. The van der Waals surface area contributed by atoms with Gasteiger partial charge in [0.25, 0.3) is 0 Å². The highest BCUT2D eigenvalue weighted by molar-refractivity contribution is 5.74. The van der Waals surface area contributed by atoms with Gasteiger partial charge in [0.15, 0.2) is 0 Å². The quantitative estimate of drug-likeness (QED) is 0.841. The number of fused-ring (bicyclic) bond motifs is 1. The largest absolute Gasteiger partial charge is 0.390 e. The smallest absolute Gasteiger partial charge is 0.133 e. The molecule has 0 spiro atoms. The van der Waals surface area contributed by atoms with E-state index in [9.17, 15) is 13.9 Å². The van der Waals surface area contributed by atoms with E-state index in [1.54, 1.807) is 24.4 Å². The number of hydrogen-bond donors (Lipinski definition) is 2. The van der Waals surface area contributed by atoms with Crippen molar-refractivity contribution in [3.05, 3.63) is 65.1 Å². The van der Waals surface area contributed by atoms with Crippen LogP contribution in [0.1, 0.15) is 30.5 Å². The number of nitrogens with two attached hydrogens (primary N) is 1. The Hall–Kier alpha value is -2.31. The summed E-state index contributed by atoms with van der Waals surface area (Å²) in [5, 5.41) is 9.77. The van der Waals surface area contributed by atoms with Crippen molar-refractivity contribution in [3.63, 3.8) is 0 Å². The summed E-state index contributed by atoms with van der Waals surface area (Å²) in [5.74, 6) is -0.0584. The Morgan fingerprint density at radius 2 is 1.89 bits per heavy atom. The minimum Gasteiger partial charge on any atom is -0.390 e. The first-order valence-electron chi connectivity index (χ1n) is 9.04. The molecule has 0 bridgehead atoms. The van der Waals surface area contributed by atoms with Gasteiger partial charge in [-0.05, 0) is 55.2 Å². The van der Waals surface area contributed by atoms with Crippen LogP contribution in [0.3, 0.4) is 0 Å². The van der Waals surface area contributed by atoms with Crippen molar-refractivity contribution in [1.29, 1.82) is 0 Å². The van der Waals surface area contributed by atoms with E-state index < -0.39 is 6.10 Å². The first-order chi connectivity index (χ1) is 12.9. The van der Waals surface area contributed by atoms with Crippen LogP contribution in [0.15, 0.2) is 42.6 Å². The molecule has 0 saturated carbocycles. The molecule has 1 aromatic carbocycles. The van der Waals surface area contributed by atoms with Crippen LogP contribution in [-0.2, 0) is 17.6 Å². The van der Waals surface area contributed by atoms with Crippen LogP contribution < -0.4 is 5.73 Å². The lowest BCUT2D eigenvalue weighted by Crippen LogP contribution is -2.24. The molecule has 4 rings (SSSR count). The maximum Gasteiger partial charge on any atom is 0.133 e. The fraction of sp³-hybridized carbons (Fsp3) is 0.381. The average molecular weight is 374 g/mol. The van der Waals surface area contributed by atoms with Crippen LogP contribution in [0.25, 0.3) is 5.83 Å². The number of nitrogen functional groups attached to an aromatic ring is 1. The molecule has 2 aromatic rings. The van der Waals surface area contributed by atoms with Crippen molar-refractivity contribution in [3.8, 4) is 0 Å². The summed E-state index contributed by atoms with van der Waals surface area (Å²) < 4.78 is 31.3. The number of pyridine rings is 1. The number of allylic oxidation sites excluding steroid dienone is 1. The van der Waals surface area contributed by atoms with Crippen LogP contribution in [0, 0.1) is 11.7 Å². The Kier molecular flexibility index (Phi) is 5.87. The third-order valence-corrected chi connectivity index (χ3v) is 5.15. The van der Waals surface area contributed by atoms with Crippen molar-refractivity contribution in [2.24, 2.45) is 5.92 Å². The van der Waals surface area contributed by atoms with Gasteiger partial charge in [0, 0.05) is 12.1 Å². The second-order valence-corrected chi connectivity index (χ2v) is 7.05. The maximum atomic E-state index is 12.9. The van der Waals surface area contributed by atoms with Crippen LogP contribution in [0.5, 0.6) is 0 Å². The van der Waals surface area contributed by atoms with E-state index >= 15 is 0 Å². The van der Waals surface area contributed by atoms with E-state index in [0.29, 0.717) is 12.0 Å². The third-order valence-electron chi connectivity index (χ3n) is 5.15. The van der Waals surface area contributed by atoms with Gasteiger partial charge in [-0.1, -0.05) is 19.1 Å². The standard InChI is InChI=1S/C13H17FO2.C8H7FN2/c1-8-12(16-9(2)13(8)15)7-10-3-5-11(14)6-4-10;9-6-2-1-5-3-4-11-8(10)7(5)6/h3-6,8-9,12-13,15H,7H2,1-2H3;2-4H,1H2,(H2,10,11). The molecule has 1 saturated heterocycles. The Morgan fingerprint density at radius 3 is 2.48 bits per heavy atom. The first-order valence-corrected chi connectivity index (χ1v) is 9.04. The molecule has 3 N–H and O–H groups in total. The Morgan fingerprint density at radius 1 is 1.19 bits per heavy atom.